The average molecular weight is 340 g/mol. The molecule has 9 heteroatoms. The molecule has 0 bridgehead atoms. The predicted molar refractivity (Wildman–Crippen MR) is 2.75 cm³/mol. The average Bonchev–Trinajstić information content (AvgIpc) is 1.25. The first-order chi connectivity index (χ1) is 3.46. The first-order valence-corrected chi connectivity index (χ1v) is 6.48. The first kappa shape index (κ1) is 16.6. The Hall–Kier alpha value is 1.09. The minimum atomic E-state index is -4.20. The molecule has 0 aliphatic carbocycles. The van der Waals surface area contributed by atoms with Gasteiger partial charge < -0.3 is 0 Å². The number of hydrogen-bond donors (Lipinski definition) is 0. The van der Waals surface area contributed by atoms with Crippen LogP contribution in [-0.4, -0.2) is 0 Å². The molecular formula is Nb2NiO6. The van der Waals surface area contributed by atoms with Crippen LogP contribution in [0.15, 0.2) is 0 Å². The van der Waals surface area contributed by atoms with Gasteiger partial charge in [0.15, 0.2) is 0 Å². The van der Waals surface area contributed by atoms with Gasteiger partial charge in [-0.2, -0.15) is 0 Å². The second-order valence-corrected chi connectivity index (χ2v) is 2.65. The van der Waals surface area contributed by atoms with Gasteiger partial charge in [-0.05, 0) is 0 Å². The minimum absolute atomic E-state index is 0. The number of hydrogen-bond acceptors (Lipinski definition) is 6. The molecule has 0 aromatic heterocycles. The predicted octanol–water partition coefficient (Wildman–Crippen LogP) is -2.86. The summed E-state index contributed by atoms with van der Waals surface area (Å²) < 4.78 is 51.6. The van der Waals surface area contributed by atoms with Crippen molar-refractivity contribution in [2.75, 3.05) is 0 Å². The fourth-order valence-electron chi connectivity index (χ4n) is 0. The van der Waals surface area contributed by atoms with E-state index >= 15 is 0 Å². The van der Waals surface area contributed by atoms with Crippen molar-refractivity contribution in [1.82, 2.24) is 0 Å². The van der Waals surface area contributed by atoms with Gasteiger partial charge in [0.2, 0.25) is 0 Å². The van der Waals surface area contributed by atoms with Gasteiger partial charge in [-0.3, -0.25) is 0 Å². The normalized spacial score (nSPS) is 5.56. The second kappa shape index (κ2) is 11.8. The Balaban J connectivity index is -0.0000000720. The van der Waals surface area contributed by atoms with Crippen LogP contribution in [0.3, 0.4) is 0 Å². The Labute approximate surface area is 73.7 Å². The summed E-state index contributed by atoms with van der Waals surface area (Å²) in [6.45, 7) is 0. The molecule has 0 radical (unpaired) electrons. The molecule has 0 rings (SSSR count). The molecule has 0 heterocycles. The van der Waals surface area contributed by atoms with E-state index in [9.17, 15) is 0 Å². The fraction of sp³-hybridized carbons (Fsp3) is 0. The van der Waals surface area contributed by atoms with Crippen molar-refractivity contribution in [1.29, 1.82) is 0 Å². The van der Waals surface area contributed by atoms with Crippen LogP contribution in [0.25, 0.3) is 0 Å². The summed E-state index contributed by atoms with van der Waals surface area (Å²) in [5.41, 5.74) is 0. The van der Waals surface area contributed by atoms with Gasteiger partial charge in [0.25, 0.3) is 0 Å². The zero-order valence-corrected chi connectivity index (χ0v) is 9.04. The Morgan fingerprint density at radius 1 is 0.778 bits per heavy atom. The third kappa shape index (κ3) is 382. The zero-order valence-electron chi connectivity index (χ0n) is 3.66. The third-order valence-corrected chi connectivity index (χ3v) is 0. The summed E-state index contributed by atoms with van der Waals surface area (Å²) in [6.07, 6.45) is 0. The van der Waals surface area contributed by atoms with E-state index in [0.29, 0.717) is 0 Å². The van der Waals surface area contributed by atoms with Crippen molar-refractivity contribution in [3.05, 3.63) is 0 Å². The van der Waals surface area contributed by atoms with Gasteiger partial charge in [0.05, 0.1) is 0 Å². The molecule has 0 atom stereocenters. The van der Waals surface area contributed by atoms with Gasteiger partial charge in [0, 0.05) is 0 Å². The maximum absolute atomic E-state index is 8.60. The van der Waals surface area contributed by atoms with E-state index in [-0.39, 0.29) is 16.5 Å². The summed E-state index contributed by atoms with van der Waals surface area (Å²) in [4.78, 5) is 0. The summed E-state index contributed by atoms with van der Waals surface area (Å²) in [7, 11) is 0. The molecule has 0 amide bonds. The van der Waals surface area contributed by atoms with Crippen LogP contribution >= 0.6 is 0 Å². The second-order valence-electron chi connectivity index (χ2n) is 0.447. The molecule has 0 spiro atoms. The van der Waals surface area contributed by atoms with Crippen LogP contribution in [0, 0.1) is 0 Å². The SMILES string of the molecule is [Ni+2].[O]=[Nb](=[O])[O-].[O]=[Nb](=[O])[O-]. The van der Waals surface area contributed by atoms with Crippen LogP contribution in [0.4, 0.5) is 0 Å². The monoisotopic (exact) mass is 340 g/mol. The molecule has 0 aliphatic heterocycles. The molecule has 0 fully saturated rings. The molecule has 9 heavy (non-hydrogen) atoms. The molecule has 0 unspecified atom stereocenters. The van der Waals surface area contributed by atoms with Crippen molar-refractivity contribution >= 4 is 0 Å². The molecule has 0 N–H and O–H groups in total. The van der Waals surface area contributed by atoms with Crippen molar-refractivity contribution in [2.45, 2.75) is 0 Å². The summed E-state index contributed by atoms with van der Waals surface area (Å²) in [6, 6.07) is 0. The van der Waals surface area contributed by atoms with Crippen LogP contribution < -0.4 is 7.23 Å². The van der Waals surface area contributed by atoms with E-state index in [1.54, 1.807) is 0 Å². The Bertz CT molecular complexity index is 128. The van der Waals surface area contributed by atoms with E-state index in [1.807, 2.05) is 0 Å². The quantitative estimate of drug-likeness (QED) is 0.438. The van der Waals surface area contributed by atoms with Gasteiger partial charge >= 0.3 is 74.3 Å². The van der Waals surface area contributed by atoms with Gasteiger partial charge in [-0.15, -0.1) is 0 Å². The topological polar surface area (TPSA) is 114 Å². The van der Waals surface area contributed by atoms with Crippen molar-refractivity contribution < 1.29 is 74.3 Å². The van der Waals surface area contributed by atoms with Crippen LogP contribution in [0.5, 0.6) is 0 Å². The Kier molecular flexibility index (Phi) is 21.8. The molecule has 0 aromatic rings. The van der Waals surface area contributed by atoms with Crippen LogP contribution in [0.1, 0.15) is 0 Å². The third-order valence-electron chi connectivity index (χ3n) is 0. The van der Waals surface area contributed by atoms with E-state index < -0.39 is 37.6 Å². The summed E-state index contributed by atoms with van der Waals surface area (Å²) >= 11 is -8.40. The Morgan fingerprint density at radius 3 is 0.778 bits per heavy atom. The number of rotatable bonds is 0. The van der Waals surface area contributed by atoms with E-state index in [2.05, 4.69) is 0 Å². The molecule has 56 valence electrons. The fourth-order valence-corrected chi connectivity index (χ4v) is 0. The van der Waals surface area contributed by atoms with Crippen molar-refractivity contribution in [3.8, 4) is 0 Å². The van der Waals surface area contributed by atoms with Crippen LogP contribution in [0.2, 0.25) is 0 Å². The van der Waals surface area contributed by atoms with Crippen LogP contribution in [-0.2, 0) is 67.1 Å². The standard InChI is InChI=1S/2Nb.Ni.6O/q;;+2;;;;;2*-1. The van der Waals surface area contributed by atoms with Gasteiger partial charge in [-0.1, -0.05) is 0 Å². The van der Waals surface area contributed by atoms with Crippen molar-refractivity contribution in [2.24, 2.45) is 0 Å². The zero-order chi connectivity index (χ0) is 7.15. The maximum atomic E-state index is 8.60. The summed E-state index contributed by atoms with van der Waals surface area (Å²) in [5, 5.41) is 0. The molecule has 0 aliphatic rings. The Morgan fingerprint density at radius 2 is 0.778 bits per heavy atom. The van der Waals surface area contributed by atoms with Gasteiger partial charge in [-0.25, -0.2) is 0 Å². The molecular weight excluding hydrogens is 340 g/mol. The van der Waals surface area contributed by atoms with E-state index in [0.717, 1.165) is 0 Å². The van der Waals surface area contributed by atoms with Crippen molar-refractivity contribution in [3.63, 3.8) is 0 Å². The first-order valence-electron chi connectivity index (χ1n) is 1.10. The van der Waals surface area contributed by atoms with Gasteiger partial charge in [0.1, 0.15) is 0 Å². The molecule has 0 aromatic carbocycles. The molecule has 6 nitrogen and oxygen atoms in total. The van der Waals surface area contributed by atoms with E-state index in [4.69, 9.17) is 20.2 Å². The summed E-state index contributed by atoms with van der Waals surface area (Å²) in [5.74, 6) is 0. The molecule has 0 saturated heterocycles. The van der Waals surface area contributed by atoms with E-state index in [1.165, 1.54) is 0 Å². The molecule has 0 saturated carbocycles.